The maximum absolute atomic E-state index is 11.9. The van der Waals surface area contributed by atoms with E-state index < -0.39 is 0 Å². The topological polar surface area (TPSA) is 54.9 Å². The second kappa shape index (κ2) is 5.58. The molecule has 0 aliphatic heterocycles. The first-order chi connectivity index (χ1) is 8.16. The minimum Gasteiger partial charge on any atom is -0.351 e. The molecular weight excluding hydrogens is 234 g/mol. The van der Waals surface area contributed by atoms with Crippen LogP contribution in [0.1, 0.15) is 48.0 Å². The van der Waals surface area contributed by atoms with E-state index in [4.69, 9.17) is 0 Å². The number of rotatable bonds is 3. The fraction of sp³-hybridized carbons (Fsp3) is 0.750. The molecule has 0 saturated heterocycles. The summed E-state index contributed by atoms with van der Waals surface area (Å²) in [4.78, 5) is 12.5. The van der Waals surface area contributed by atoms with Gasteiger partial charge in [-0.3, -0.25) is 4.79 Å². The third-order valence-electron chi connectivity index (χ3n) is 3.54. The van der Waals surface area contributed by atoms with Crippen LogP contribution in [-0.2, 0) is 0 Å². The smallest absolute Gasteiger partial charge is 0.264 e. The quantitative estimate of drug-likeness (QED) is 0.900. The first-order valence-electron chi connectivity index (χ1n) is 6.24. The molecule has 2 rings (SSSR count). The van der Waals surface area contributed by atoms with Crippen LogP contribution in [0.3, 0.4) is 0 Å². The molecule has 1 aliphatic rings. The molecule has 0 atom stereocenters. The van der Waals surface area contributed by atoms with E-state index in [1.807, 2.05) is 6.92 Å². The van der Waals surface area contributed by atoms with Crippen molar-refractivity contribution >= 4 is 17.4 Å². The van der Waals surface area contributed by atoms with Gasteiger partial charge in [-0.2, -0.15) is 0 Å². The molecule has 0 bridgehead atoms. The summed E-state index contributed by atoms with van der Waals surface area (Å²) in [6, 6.07) is 0. The van der Waals surface area contributed by atoms with Gasteiger partial charge in [0, 0.05) is 6.54 Å². The maximum atomic E-state index is 11.9. The van der Waals surface area contributed by atoms with Crippen LogP contribution in [0.15, 0.2) is 0 Å². The van der Waals surface area contributed by atoms with Crippen LogP contribution in [0, 0.1) is 18.8 Å². The predicted octanol–water partition coefficient (Wildman–Crippen LogP) is 2.40. The Labute approximate surface area is 106 Å². The molecule has 1 heterocycles. The molecule has 5 heteroatoms. The number of nitrogens with zero attached hydrogens (tertiary/aromatic N) is 2. The van der Waals surface area contributed by atoms with Crippen LogP contribution in [0.25, 0.3) is 0 Å². The van der Waals surface area contributed by atoms with Crippen molar-refractivity contribution in [2.24, 2.45) is 11.8 Å². The molecule has 1 N–H and O–H groups in total. The summed E-state index contributed by atoms with van der Waals surface area (Å²) in [5.41, 5.74) is 0.727. The van der Waals surface area contributed by atoms with Gasteiger partial charge in [-0.1, -0.05) is 24.3 Å². The molecule has 1 saturated carbocycles. The van der Waals surface area contributed by atoms with Crippen LogP contribution >= 0.6 is 11.5 Å². The van der Waals surface area contributed by atoms with Gasteiger partial charge in [-0.05, 0) is 43.1 Å². The fourth-order valence-electron chi connectivity index (χ4n) is 2.29. The summed E-state index contributed by atoms with van der Waals surface area (Å²) in [6.45, 7) is 4.92. The monoisotopic (exact) mass is 253 g/mol. The van der Waals surface area contributed by atoms with Gasteiger partial charge in [0.2, 0.25) is 0 Å². The molecule has 0 spiro atoms. The Bertz CT molecular complexity index is 383. The highest BCUT2D eigenvalue weighted by Crippen LogP contribution is 2.27. The van der Waals surface area contributed by atoms with Crippen molar-refractivity contribution in [3.05, 3.63) is 10.6 Å². The van der Waals surface area contributed by atoms with E-state index >= 15 is 0 Å². The standard InChI is InChI=1S/C12H19N3OS/c1-8-3-5-10(6-4-8)7-13-12(16)11-9(2)14-15-17-11/h8,10H,3-7H2,1-2H3,(H,13,16). The van der Waals surface area contributed by atoms with Gasteiger partial charge in [-0.25, -0.2) is 0 Å². The number of aromatic nitrogens is 2. The Morgan fingerprint density at radius 1 is 1.41 bits per heavy atom. The van der Waals surface area contributed by atoms with Gasteiger partial charge in [-0.15, -0.1) is 5.10 Å². The molecule has 0 aromatic carbocycles. The summed E-state index contributed by atoms with van der Waals surface area (Å²) in [7, 11) is 0. The molecule has 17 heavy (non-hydrogen) atoms. The van der Waals surface area contributed by atoms with E-state index in [2.05, 4.69) is 21.8 Å². The van der Waals surface area contributed by atoms with Crippen molar-refractivity contribution < 1.29 is 4.79 Å². The summed E-state index contributed by atoms with van der Waals surface area (Å²) < 4.78 is 3.78. The Morgan fingerprint density at radius 3 is 2.71 bits per heavy atom. The Morgan fingerprint density at radius 2 is 2.12 bits per heavy atom. The van der Waals surface area contributed by atoms with E-state index in [1.165, 1.54) is 37.2 Å². The lowest BCUT2D eigenvalue weighted by Crippen LogP contribution is -2.31. The van der Waals surface area contributed by atoms with Crippen LogP contribution in [0.5, 0.6) is 0 Å². The van der Waals surface area contributed by atoms with Crippen LogP contribution in [0.4, 0.5) is 0 Å². The molecule has 94 valence electrons. The predicted molar refractivity (Wildman–Crippen MR) is 68.1 cm³/mol. The zero-order valence-electron chi connectivity index (χ0n) is 10.4. The van der Waals surface area contributed by atoms with Crippen LogP contribution in [0.2, 0.25) is 0 Å². The first kappa shape index (κ1) is 12.5. The van der Waals surface area contributed by atoms with E-state index in [-0.39, 0.29) is 5.91 Å². The molecule has 1 aromatic heterocycles. The molecule has 0 radical (unpaired) electrons. The number of nitrogens with one attached hydrogen (secondary N) is 1. The molecular formula is C12H19N3OS. The molecule has 0 unspecified atom stereocenters. The summed E-state index contributed by atoms with van der Waals surface area (Å²) in [5.74, 6) is 1.49. The van der Waals surface area contributed by atoms with E-state index in [1.54, 1.807) is 0 Å². The third-order valence-corrected chi connectivity index (χ3v) is 4.37. The average Bonchev–Trinajstić information content (AvgIpc) is 2.74. The summed E-state index contributed by atoms with van der Waals surface area (Å²) in [6.07, 6.45) is 5.06. The van der Waals surface area contributed by atoms with Gasteiger partial charge >= 0.3 is 0 Å². The Kier molecular flexibility index (Phi) is 4.10. The van der Waals surface area contributed by atoms with Gasteiger partial charge in [0.05, 0.1) is 5.69 Å². The lowest BCUT2D eigenvalue weighted by atomic mass is 9.83. The van der Waals surface area contributed by atoms with Gasteiger partial charge in [0.15, 0.2) is 0 Å². The number of carbonyl (C=O) groups excluding carboxylic acids is 1. The van der Waals surface area contributed by atoms with Crippen LogP contribution < -0.4 is 5.32 Å². The number of carbonyl (C=O) groups is 1. The minimum absolute atomic E-state index is 0.0175. The Balaban J connectivity index is 1.79. The normalized spacial score (nSPS) is 24.6. The number of hydrogen-bond acceptors (Lipinski definition) is 4. The zero-order chi connectivity index (χ0) is 12.3. The van der Waals surface area contributed by atoms with E-state index in [0.717, 1.165) is 18.2 Å². The maximum Gasteiger partial charge on any atom is 0.264 e. The van der Waals surface area contributed by atoms with Crippen molar-refractivity contribution in [3.8, 4) is 0 Å². The second-order valence-electron chi connectivity index (χ2n) is 5.02. The highest BCUT2D eigenvalue weighted by molar-refractivity contribution is 7.07. The molecule has 1 aromatic rings. The molecule has 1 fully saturated rings. The molecule has 1 aliphatic carbocycles. The molecule has 1 amide bonds. The van der Waals surface area contributed by atoms with Crippen molar-refractivity contribution in [2.75, 3.05) is 6.54 Å². The number of hydrogen-bond donors (Lipinski definition) is 1. The average molecular weight is 253 g/mol. The lowest BCUT2D eigenvalue weighted by Gasteiger charge is -2.26. The van der Waals surface area contributed by atoms with Crippen molar-refractivity contribution in [2.45, 2.75) is 39.5 Å². The fourth-order valence-corrected chi connectivity index (χ4v) is 2.86. The summed E-state index contributed by atoms with van der Waals surface area (Å²) >= 11 is 1.17. The summed E-state index contributed by atoms with van der Waals surface area (Å²) in [5, 5.41) is 6.85. The SMILES string of the molecule is Cc1nnsc1C(=O)NCC1CCC(C)CC1. The number of amides is 1. The van der Waals surface area contributed by atoms with Gasteiger partial charge in [0.1, 0.15) is 4.88 Å². The third kappa shape index (κ3) is 3.25. The molecule has 4 nitrogen and oxygen atoms in total. The van der Waals surface area contributed by atoms with Gasteiger partial charge < -0.3 is 5.32 Å². The number of aryl methyl sites for hydroxylation is 1. The van der Waals surface area contributed by atoms with E-state index in [0.29, 0.717) is 10.8 Å². The highest BCUT2D eigenvalue weighted by Gasteiger charge is 2.20. The minimum atomic E-state index is -0.0175. The van der Waals surface area contributed by atoms with Crippen LogP contribution in [-0.4, -0.2) is 22.0 Å². The van der Waals surface area contributed by atoms with Crippen molar-refractivity contribution in [3.63, 3.8) is 0 Å². The highest BCUT2D eigenvalue weighted by atomic mass is 32.1. The second-order valence-corrected chi connectivity index (χ2v) is 5.78. The van der Waals surface area contributed by atoms with Crippen molar-refractivity contribution in [1.29, 1.82) is 0 Å². The largest absolute Gasteiger partial charge is 0.351 e. The van der Waals surface area contributed by atoms with E-state index in [9.17, 15) is 4.79 Å². The van der Waals surface area contributed by atoms with Gasteiger partial charge in [0.25, 0.3) is 5.91 Å². The van der Waals surface area contributed by atoms with Crippen molar-refractivity contribution in [1.82, 2.24) is 14.9 Å². The zero-order valence-corrected chi connectivity index (χ0v) is 11.2. The first-order valence-corrected chi connectivity index (χ1v) is 7.01. The Hall–Kier alpha value is -0.970. The lowest BCUT2D eigenvalue weighted by molar-refractivity contribution is 0.0945.